The molecule has 27 heavy (non-hydrogen) atoms. The molecule has 0 aromatic heterocycles. The second-order valence-corrected chi connectivity index (χ2v) is 10.7. The summed E-state index contributed by atoms with van der Waals surface area (Å²) >= 11 is 0. The number of epoxide rings is 1. The topological polar surface area (TPSA) is 55.9 Å². The average Bonchev–Trinajstić information content (AvgIpc) is 3.49. The van der Waals surface area contributed by atoms with Crippen LogP contribution in [0, 0.1) is 34.5 Å². The van der Waals surface area contributed by atoms with Crippen molar-refractivity contribution in [3.05, 3.63) is 23.8 Å². The lowest BCUT2D eigenvalue weighted by Gasteiger charge is -2.55. The zero-order chi connectivity index (χ0) is 18.4. The first-order chi connectivity index (χ1) is 12.8. The maximum Gasteiger partial charge on any atom is 0.306 e. The van der Waals surface area contributed by atoms with Crippen molar-refractivity contribution in [2.24, 2.45) is 34.5 Å². The number of ether oxygens (including phenoxy) is 2. The molecule has 4 saturated carbocycles. The molecule has 0 bridgehead atoms. The van der Waals surface area contributed by atoms with Gasteiger partial charge in [-0.1, -0.05) is 18.6 Å². The third-order valence-electron chi connectivity index (χ3n) is 10.0. The van der Waals surface area contributed by atoms with Gasteiger partial charge in [0.2, 0.25) is 0 Å². The lowest BCUT2D eigenvalue weighted by molar-refractivity contribution is -0.164. The standard InChI is InChI=1S/C23H26O4/c1-20-6-3-12(24)9-16(20)13-10-14(13)19-15-4-7-22(8-5-18(25)27-22)21(15,2)11-17-23(19,20)26-17/h3,6,9,13-15,17,19H,4-5,7-8,10-11H2,1-2H3/t13-,14+,15+,17?,19+,20+,21+,22-,23-/m1/s1. The van der Waals surface area contributed by atoms with Crippen molar-refractivity contribution >= 4 is 11.8 Å². The Bertz CT molecular complexity index is 887. The fourth-order valence-corrected chi connectivity index (χ4v) is 8.75. The molecule has 2 saturated heterocycles. The van der Waals surface area contributed by atoms with Crippen LogP contribution in [0.4, 0.5) is 0 Å². The highest BCUT2D eigenvalue weighted by molar-refractivity contribution is 6.01. The molecule has 2 spiro atoms. The van der Waals surface area contributed by atoms with Crippen LogP contribution < -0.4 is 0 Å². The molecule has 0 N–H and O–H groups in total. The monoisotopic (exact) mass is 366 g/mol. The number of rotatable bonds is 0. The summed E-state index contributed by atoms with van der Waals surface area (Å²) in [5.41, 5.74) is 0.839. The van der Waals surface area contributed by atoms with Crippen LogP contribution in [-0.2, 0) is 19.1 Å². The number of ketones is 1. The number of allylic oxidation sites excluding steroid dienone is 2. The number of esters is 1. The van der Waals surface area contributed by atoms with Gasteiger partial charge < -0.3 is 9.47 Å². The van der Waals surface area contributed by atoms with Crippen LogP contribution >= 0.6 is 0 Å². The molecule has 1 unspecified atom stereocenters. The van der Waals surface area contributed by atoms with Crippen molar-refractivity contribution in [3.63, 3.8) is 0 Å². The molecule has 7 rings (SSSR count). The Morgan fingerprint density at radius 1 is 1.19 bits per heavy atom. The third-order valence-corrected chi connectivity index (χ3v) is 10.0. The third kappa shape index (κ3) is 1.43. The summed E-state index contributed by atoms with van der Waals surface area (Å²) in [7, 11) is 0. The molecule has 7 aliphatic rings. The minimum absolute atomic E-state index is 0.00993. The largest absolute Gasteiger partial charge is 0.458 e. The van der Waals surface area contributed by atoms with Crippen LogP contribution in [-0.4, -0.2) is 29.1 Å². The molecule has 6 fully saturated rings. The Morgan fingerprint density at radius 3 is 2.81 bits per heavy atom. The van der Waals surface area contributed by atoms with Crippen molar-refractivity contribution in [1.29, 1.82) is 0 Å². The number of hydrogen-bond acceptors (Lipinski definition) is 4. The number of carbonyl (C=O) groups excluding carboxylic acids is 2. The van der Waals surface area contributed by atoms with E-state index in [-0.39, 0.29) is 39.9 Å². The highest BCUT2D eigenvalue weighted by Crippen LogP contribution is 2.82. The summed E-state index contributed by atoms with van der Waals surface area (Å²) in [6.45, 7) is 4.70. The zero-order valence-electron chi connectivity index (χ0n) is 16.0. The van der Waals surface area contributed by atoms with E-state index in [1.165, 1.54) is 12.0 Å². The lowest BCUT2D eigenvalue weighted by Crippen LogP contribution is -2.60. The second kappa shape index (κ2) is 4.12. The molecule has 2 heterocycles. The van der Waals surface area contributed by atoms with Gasteiger partial charge in [-0.05, 0) is 74.9 Å². The van der Waals surface area contributed by atoms with E-state index in [1.807, 2.05) is 6.08 Å². The minimum Gasteiger partial charge on any atom is -0.458 e. The van der Waals surface area contributed by atoms with Crippen LogP contribution in [0.3, 0.4) is 0 Å². The first-order valence-electron chi connectivity index (χ1n) is 10.7. The van der Waals surface area contributed by atoms with Gasteiger partial charge in [-0.25, -0.2) is 0 Å². The molecule has 9 atom stereocenters. The molecule has 5 aliphatic carbocycles. The zero-order valence-corrected chi connectivity index (χ0v) is 16.0. The summed E-state index contributed by atoms with van der Waals surface area (Å²) in [5.74, 6) is 2.41. The Morgan fingerprint density at radius 2 is 2.04 bits per heavy atom. The fraction of sp³-hybridized carbons (Fsp3) is 0.739. The van der Waals surface area contributed by atoms with Crippen LogP contribution in [0.15, 0.2) is 23.8 Å². The van der Waals surface area contributed by atoms with Crippen molar-refractivity contribution < 1.29 is 19.1 Å². The van der Waals surface area contributed by atoms with E-state index in [0.717, 1.165) is 25.7 Å². The molecule has 4 heteroatoms. The van der Waals surface area contributed by atoms with E-state index in [9.17, 15) is 9.59 Å². The van der Waals surface area contributed by atoms with Crippen molar-refractivity contribution in [2.45, 2.75) is 69.7 Å². The van der Waals surface area contributed by atoms with Gasteiger partial charge in [0.1, 0.15) is 11.2 Å². The summed E-state index contributed by atoms with van der Waals surface area (Å²) < 4.78 is 12.7. The van der Waals surface area contributed by atoms with E-state index in [1.54, 1.807) is 6.08 Å². The highest BCUT2D eigenvalue weighted by atomic mass is 16.6. The van der Waals surface area contributed by atoms with E-state index < -0.39 is 0 Å². The van der Waals surface area contributed by atoms with Gasteiger partial charge in [0.25, 0.3) is 0 Å². The Kier molecular flexibility index (Phi) is 2.37. The average molecular weight is 366 g/mol. The quantitative estimate of drug-likeness (QED) is 0.487. The molecule has 4 nitrogen and oxygen atoms in total. The maximum atomic E-state index is 12.1. The number of carbonyl (C=O) groups is 2. The first-order valence-corrected chi connectivity index (χ1v) is 10.7. The highest BCUT2D eigenvalue weighted by Gasteiger charge is 2.85. The van der Waals surface area contributed by atoms with Crippen molar-refractivity contribution in [3.8, 4) is 0 Å². The second-order valence-electron chi connectivity index (χ2n) is 10.7. The van der Waals surface area contributed by atoms with Gasteiger partial charge in [-0.15, -0.1) is 0 Å². The fourth-order valence-electron chi connectivity index (χ4n) is 8.75. The number of fused-ring (bicyclic) bond motifs is 7. The van der Waals surface area contributed by atoms with Crippen LogP contribution in [0.25, 0.3) is 0 Å². The van der Waals surface area contributed by atoms with Crippen LogP contribution in [0.1, 0.15) is 52.4 Å². The predicted molar refractivity (Wildman–Crippen MR) is 96.5 cm³/mol. The van der Waals surface area contributed by atoms with Gasteiger partial charge in [-0.3, -0.25) is 9.59 Å². The SMILES string of the molecule is C[C@]12C=CC(=O)C=C1[C@@H]1C[C@@H]1[C@H]1[C@@H]3CC[C@@]4(CCC(=O)O4)[C@@]3(C)CC3O[C@]312. The van der Waals surface area contributed by atoms with Gasteiger partial charge in [0.05, 0.1) is 6.10 Å². The molecule has 0 aromatic carbocycles. The molecule has 0 radical (unpaired) electrons. The Hall–Kier alpha value is -1.42. The van der Waals surface area contributed by atoms with Crippen molar-refractivity contribution in [1.82, 2.24) is 0 Å². The Labute approximate surface area is 159 Å². The van der Waals surface area contributed by atoms with Gasteiger partial charge in [0, 0.05) is 17.3 Å². The maximum absolute atomic E-state index is 12.1. The summed E-state index contributed by atoms with van der Waals surface area (Å²) in [5, 5.41) is 0. The molecule has 0 aromatic rings. The van der Waals surface area contributed by atoms with Gasteiger partial charge >= 0.3 is 5.97 Å². The van der Waals surface area contributed by atoms with E-state index in [4.69, 9.17) is 9.47 Å². The summed E-state index contributed by atoms with van der Waals surface area (Å²) in [4.78, 5) is 24.1. The number of hydrogen-bond donors (Lipinski definition) is 0. The molecule has 2 aliphatic heterocycles. The van der Waals surface area contributed by atoms with E-state index in [2.05, 4.69) is 19.9 Å². The molecular formula is C23H26O4. The minimum atomic E-state index is -0.257. The van der Waals surface area contributed by atoms with Crippen LogP contribution in [0.2, 0.25) is 0 Å². The van der Waals surface area contributed by atoms with Gasteiger partial charge in [-0.2, -0.15) is 0 Å². The summed E-state index contributed by atoms with van der Waals surface area (Å²) in [6, 6.07) is 0. The smallest absolute Gasteiger partial charge is 0.306 e. The first kappa shape index (κ1) is 15.5. The predicted octanol–water partition coefficient (Wildman–Crippen LogP) is 3.36. The van der Waals surface area contributed by atoms with Gasteiger partial charge in [0.15, 0.2) is 5.78 Å². The molecule has 0 amide bonds. The molecule has 142 valence electrons. The van der Waals surface area contributed by atoms with E-state index >= 15 is 0 Å². The Balaban J connectivity index is 1.37. The van der Waals surface area contributed by atoms with Crippen LogP contribution in [0.5, 0.6) is 0 Å². The van der Waals surface area contributed by atoms with Crippen molar-refractivity contribution in [2.75, 3.05) is 0 Å². The van der Waals surface area contributed by atoms with E-state index in [0.29, 0.717) is 30.1 Å². The lowest BCUT2D eigenvalue weighted by atomic mass is 9.47. The molecular weight excluding hydrogens is 340 g/mol. The summed E-state index contributed by atoms with van der Waals surface area (Å²) in [6.07, 6.45) is 11.9. The normalized spacial score (nSPS) is 61.4.